The van der Waals surface area contributed by atoms with Crippen molar-refractivity contribution >= 4 is 21.8 Å². The minimum absolute atomic E-state index is 0.137. The highest BCUT2D eigenvalue weighted by molar-refractivity contribution is 7.90. The molecule has 1 aromatic carbocycles. The average Bonchev–Trinajstić information content (AvgIpc) is 3.32. The van der Waals surface area contributed by atoms with Crippen LogP contribution in [0, 0.1) is 46.3 Å². The molecule has 4 fully saturated rings. The second kappa shape index (κ2) is 12.2. The summed E-state index contributed by atoms with van der Waals surface area (Å²) >= 11 is 0. The van der Waals surface area contributed by atoms with E-state index >= 15 is 0 Å². The van der Waals surface area contributed by atoms with Crippen molar-refractivity contribution in [2.45, 2.75) is 109 Å². The van der Waals surface area contributed by atoms with Crippen LogP contribution in [-0.4, -0.2) is 38.0 Å². The highest BCUT2D eigenvalue weighted by Gasteiger charge is 2.60. The first kappa shape index (κ1) is 33.2. The Morgan fingerprint density at radius 3 is 2.30 bits per heavy atom. The Bertz CT molecular complexity index is 1340. The summed E-state index contributed by atoms with van der Waals surface area (Å²) < 4.78 is 64.9. The maximum absolute atomic E-state index is 12.8. The fraction of sp³-hybridized carbons (Fsp3) is 0.758. The monoisotopic (exact) mass is 640 g/mol. The molecular weight excluding hydrogens is 593 g/mol. The van der Waals surface area contributed by atoms with Crippen molar-refractivity contribution in [2.24, 2.45) is 46.3 Å². The Labute approximate surface area is 259 Å². The summed E-state index contributed by atoms with van der Waals surface area (Å²) in [7, 11) is -4.38. The summed E-state index contributed by atoms with van der Waals surface area (Å²) in [5.74, 6) is 2.36. The molecule has 2 amide bonds. The van der Waals surface area contributed by atoms with Crippen LogP contribution in [0.25, 0.3) is 0 Å². The Morgan fingerprint density at radius 2 is 1.61 bits per heavy atom. The van der Waals surface area contributed by atoms with Gasteiger partial charge in [0.25, 0.3) is 15.9 Å². The quantitative estimate of drug-likeness (QED) is 0.320. The van der Waals surface area contributed by atoms with Gasteiger partial charge >= 0.3 is 6.18 Å². The molecule has 5 rings (SSSR count). The molecule has 246 valence electrons. The number of nitrogens with one attached hydrogen (secondary N) is 2. The molecule has 4 aliphatic rings. The largest absolute Gasteiger partial charge is 0.416 e. The van der Waals surface area contributed by atoms with Crippen LogP contribution in [0.5, 0.6) is 0 Å². The number of carbonyl (C=O) groups excluding carboxylic acids is 2. The number of fused-ring (bicyclic) bond motifs is 5. The molecule has 44 heavy (non-hydrogen) atoms. The lowest BCUT2D eigenvalue weighted by molar-refractivity contribution is -0.137. The topological polar surface area (TPSA) is 113 Å². The van der Waals surface area contributed by atoms with Crippen molar-refractivity contribution in [1.29, 1.82) is 0 Å². The summed E-state index contributed by atoms with van der Waals surface area (Å²) in [6.07, 6.45) is 6.51. The average molecular weight is 641 g/mol. The Balaban J connectivity index is 1.10. The van der Waals surface area contributed by atoms with E-state index in [0.29, 0.717) is 47.6 Å². The third-order valence-corrected chi connectivity index (χ3v) is 13.8. The molecule has 11 heteroatoms. The fourth-order valence-electron chi connectivity index (χ4n) is 10.1. The first-order chi connectivity index (χ1) is 20.5. The summed E-state index contributed by atoms with van der Waals surface area (Å²) in [5, 5.41) is 12.8. The van der Waals surface area contributed by atoms with E-state index in [2.05, 4.69) is 26.1 Å². The molecule has 0 spiro atoms. The van der Waals surface area contributed by atoms with Gasteiger partial charge < -0.3 is 10.4 Å². The summed E-state index contributed by atoms with van der Waals surface area (Å²) in [4.78, 5) is 24.4. The minimum Gasteiger partial charge on any atom is -0.393 e. The predicted molar refractivity (Wildman–Crippen MR) is 159 cm³/mol. The van der Waals surface area contributed by atoms with Gasteiger partial charge in [0.1, 0.15) is 0 Å². The summed E-state index contributed by atoms with van der Waals surface area (Å²) in [6, 6.07) is 2.83. The number of aliphatic hydroxyl groups excluding tert-OH is 1. The number of hydrogen-bond acceptors (Lipinski definition) is 5. The number of carbonyl (C=O) groups is 2. The van der Waals surface area contributed by atoms with Crippen LogP contribution in [0.1, 0.15) is 97.0 Å². The lowest BCUT2D eigenvalue weighted by atomic mass is 9.44. The molecule has 4 aliphatic carbocycles. The lowest BCUT2D eigenvalue weighted by Gasteiger charge is -2.61. The standard InChI is InChI=1S/C33H47F3N2O5S/c1-20(4-13-29(40)37-19-30(41)38-44(42,43)24-8-5-21(6-9-24)33(34,35)36)26-11-12-27-25-10-7-22-18-23(39)14-16-31(22,2)28(25)15-17-32(26,27)3/h5-6,8-9,20,22-23,25-28,39H,4,7,10-19H2,1-3H3,(H,37,40)(H,38,41)/t20-,22?,23-,25?,26?,27?,28?,31+,32-/m1/s1. The van der Waals surface area contributed by atoms with E-state index in [1.54, 1.807) is 4.72 Å². The molecule has 4 saturated carbocycles. The second-order valence-corrected chi connectivity index (χ2v) is 16.3. The Kier molecular flexibility index (Phi) is 9.24. The van der Waals surface area contributed by atoms with Crippen molar-refractivity contribution in [1.82, 2.24) is 10.0 Å². The first-order valence-corrected chi connectivity index (χ1v) is 17.7. The van der Waals surface area contributed by atoms with Crippen molar-refractivity contribution in [3.05, 3.63) is 29.8 Å². The van der Waals surface area contributed by atoms with Gasteiger partial charge in [0.05, 0.1) is 23.1 Å². The highest BCUT2D eigenvalue weighted by Crippen LogP contribution is 2.68. The minimum atomic E-state index is -4.61. The number of sulfonamides is 1. The molecule has 9 atom stereocenters. The second-order valence-electron chi connectivity index (χ2n) is 14.7. The number of amides is 2. The van der Waals surface area contributed by atoms with Gasteiger partial charge in [0, 0.05) is 6.42 Å². The van der Waals surface area contributed by atoms with Gasteiger partial charge in [-0.15, -0.1) is 0 Å². The smallest absolute Gasteiger partial charge is 0.393 e. The highest BCUT2D eigenvalue weighted by atomic mass is 32.2. The molecule has 0 aromatic heterocycles. The third kappa shape index (κ3) is 6.42. The number of hydrogen-bond donors (Lipinski definition) is 3. The van der Waals surface area contributed by atoms with Crippen molar-refractivity contribution in [3.8, 4) is 0 Å². The van der Waals surface area contributed by atoms with Gasteiger partial charge in [-0.25, -0.2) is 13.1 Å². The number of halogens is 3. The molecule has 3 N–H and O–H groups in total. The molecule has 0 bridgehead atoms. The van der Waals surface area contributed by atoms with E-state index in [1.807, 2.05) is 0 Å². The van der Waals surface area contributed by atoms with Crippen LogP contribution in [-0.2, 0) is 25.8 Å². The van der Waals surface area contributed by atoms with Crippen LogP contribution in [0.15, 0.2) is 29.2 Å². The van der Waals surface area contributed by atoms with Gasteiger partial charge in [-0.3, -0.25) is 9.59 Å². The molecular formula is C33H47F3N2O5S. The number of aliphatic hydroxyl groups is 1. The third-order valence-electron chi connectivity index (χ3n) is 12.4. The zero-order chi connectivity index (χ0) is 32.1. The van der Waals surface area contributed by atoms with Crippen molar-refractivity contribution in [3.63, 3.8) is 0 Å². The van der Waals surface area contributed by atoms with Crippen LogP contribution >= 0.6 is 0 Å². The molecule has 0 aliphatic heterocycles. The van der Waals surface area contributed by atoms with Gasteiger partial charge in [-0.1, -0.05) is 20.8 Å². The predicted octanol–water partition coefficient (Wildman–Crippen LogP) is 6.06. The van der Waals surface area contributed by atoms with Crippen molar-refractivity contribution in [2.75, 3.05) is 6.54 Å². The SMILES string of the molecule is C[C@H](CCC(=O)NCC(=O)NS(=O)(=O)c1ccc(C(F)(F)F)cc1)C1CCC2C3CCC4C[C@H](O)CC[C@]4(C)C3CC[C@@]21C. The number of benzene rings is 1. The zero-order valence-corrected chi connectivity index (χ0v) is 26.8. The van der Waals surface area contributed by atoms with Crippen LogP contribution in [0.2, 0.25) is 0 Å². The fourth-order valence-corrected chi connectivity index (χ4v) is 11.1. The van der Waals surface area contributed by atoms with Gasteiger partial charge in [-0.2, -0.15) is 13.2 Å². The molecule has 1 aromatic rings. The maximum Gasteiger partial charge on any atom is 0.416 e. The van der Waals surface area contributed by atoms with Gasteiger partial charge in [0.2, 0.25) is 5.91 Å². The Hall–Kier alpha value is -2.14. The van der Waals surface area contributed by atoms with Gasteiger partial charge in [-0.05, 0) is 135 Å². The van der Waals surface area contributed by atoms with E-state index < -0.39 is 39.1 Å². The van der Waals surface area contributed by atoms with E-state index in [1.165, 1.54) is 32.1 Å². The molecule has 0 heterocycles. The first-order valence-electron chi connectivity index (χ1n) is 16.2. The van der Waals surface area contributed by atoms with E-state index in [4.69, 9.17) is 0 Å². The van der Waals surface area contributed by atoms with Crippen LogP contribution in [0.3, 0.4) is 0 Å². The zero-order valence-electron chi connectivity index (χ0n) is 26.0. The van der Waals surface area contributed by atoms with Gasteiger partial charge in [0.15, 0.2) is 0 Å². The summed E-state index contributed by atoms with van der Waals surface area (Å²) in [6.45, 7) is 6.65. The normalized spacial score (nSPS) is 36.0. The summed E-state index contributed by atoms with van der Waals surface area (Å²) in [5.41, 5.74) is -0.406. The molecule has 5 unspecified atom stereocenters. The molecule has 0 saturated heterocycles. The van der Waals surface area contributed by atoms with E-state index in [0.717, 1.165) is 49.7 Å². The lowest BCUT2D eigenvalue weighted by Crippen LogP contribution is -2.54. The maximum atomic E-state index is 12.8. The Morgan fingerprint density at radius 1 is 0.955 bits per heavy atom. The van der Waals surface area contributed by atoms with E-state index in [-0.39, 0.29) is 23.8 Å². The van der Waals surface area contributed by atoms with Crippen LogP contribution < -0.4 is 10.0 Å². The van der Waals surface area contributed by atoms with Crippen molar-refractivity contribution < 1.29 is 36.3 Å². The van der Waals surface area contributed by atoms with E-state index in [9.17, 15) is 36.3 Å². The molecule has 7 nitrogen and oxygen atoms in total. The number of alkyl halides is 3. The molecule has 0 radical (unpaired) electrons. The number of rotatable bonds is 8. The van der Waals surface area contributed by atoms with Crippen LogP contribution in [0.4, 0.5) is 13.2 Å².